The zero-order valence-electron chi connectivity index (χ0n) is 17.3. The summed E-state index contributed by atoms with van der Waals surface area (Å²) >= 11 is 0. The first-order chi connectivity index (χ1) is 13.5. The molecule has 0 unspecified atom stereocenters. The summed E-state index contributed by atoms with van der Waals surface area (Å²) in [7, 11) is -3.79. The van der Waals surface area contributed by atoms with Gasteiger partial charge in [0.2, 0.25) is 0 Å². The number of carbonyl (C=O) groups excluding carboxylic acids is 1. The van der Waals surface area contributed by atoms with Gasteiger partial charge in [0.15, 0.2) is 0 Å². The normalized spacial score (nSPS) is 12.2. The van der Waals surface area contributed by atoms with Crippen LogP contribution in [0.15, 0.2) is 53.4 Å². The van der Waals surface area contributed by atoms with Gasteiger partial charge in [0.25, 0.3) is 10.0 Å². The smallest absolute Gasteiger partial charge is 0.407 e. The van der Waals surface area contributed by atoms with Gasteiger partial charge in [0.1, 0.15) is 5.60 Å². The molecule has 0 atom stereocenters. The fraction of sp³-hybridized carbons (Fsp3) is 0.318. The van der Waals surface area contributed by atoms with Gasteiger partial charge in [-0.3, -0.25) is 0 Å². The van der Waals surface area contributed by atoms with Crippen LogP contribution in [0.4, 0.5) is 4.79 Å². The molecule has 0 aliphatic rings. The summed E-state index contributed by atoms with van der Waals surface area (Å²) in [6.07, 6.45) is -0.546. The summed E-state index contributed by atoms with van der Waals surface area (Å²) in [5.74, 6) is 0. The van der Waals surface area contributed by atoms with Crippen molar-refractivity contribution < 1.29 is 17.9 Å². The van der Waals surface area contributed by atoms with Gasteiger partial charge < -0.3 is 10.1 Å². The van der Waals surface area contributed by atoms with E-state index in [1.54, 1.807) is 64.1 Å². The molecule has 0 aliphatic carbocycles. The first-order valence-electron chi connectivity index (χ1n) is 9.39. The summed E-state index contributed by atoms with van der Waals surface area (Å²) in [6, 6.07) is 14.0. The number of ether oxygens (including phenoxy) is 1. The van der Waals surface area contributed by atoms with Gasteiger partial charge in [-0.1, -0.05) is 35.9 Å². The Morgan fingerprint density at radius 2 is 1.66 bits per heavy atom. The van der Waals surface area contributed by atoms with Crippen LogP contribution in [0.1, 0.15) is 37.6 Å². The zero-order chi connectivity index (χ0) is 21.4. The molecular weight excluding hydrogens is 388 g/mol. The lowest BCUT2D eigenvalue weighted by Crippen LogP contribution is -2.32. The van der Waals surface area contributed by atoms with Gasteiger partial charge in [-0.05, 0) is 52.8 Å². The van der Waals surface area contributed by atoms with Gasteiger partial charge in [-0.2, -0.15) is 0 Å². The van der Waals surface area contributed by atoms with Crippen molar-refractivity contribution in [1.82, 2.24) is 9.29 Å². The van der Waals surface area contributed by atoms with Crippen LogP contribution in [-0.2, 0) is 21.3 Å². The third kappa shape index (κ3) is 4.29. The molecule has 0 saturated heterocycles. The highest BCUT2D eigenvalue weighted by Crippen LogP contribution is 2.30. The molecule has 29 heavy (non-hydrogen) atoms. The predicted octanol–water partition coefficient (Wildman–Crippen LogP) is 4.52. The first-order valence-corrected chi connectivity index (χ1v) is 10.8. The van der Waals surface area contributed by atoms with Crippen LogP contribution in [0.2, 0.25) is 0 Å². The summed E-state index contributed by atoms with van der Waals surface area (Å²) in [4.78, 5) is 12.3. The number of rotatable bonds is 4. The summed E-state index contributed by atoms with van der Waals surface area (Å²) < 4.78 is 33.4. The number of nitrogens with one attached hydrogen (secondary N) is 1. The lowest BCUT2D eigenvalue weighted by Gasteiger charge is -2.19. The van der Waals surface area contributed by atoms with E-state index in [0.717, 1.165) is 16.5 Å². The van der Waals surface area contributed by atoms with E-state index in [1.165, 1.54) is 3.97 Å². The van der Waals surface area contributed by atoms with Crippen molar-refractivity contribution in [1.29, 1.82) is 0 Å². The van der Waals surface area contributed by atoms with E-state index in [2.05, 4.69) is 5.32 Å². The Bertz CT molecular complexity index is 1150. The van der Waals surface area contributed by atoms with Crippen molar-refractivity contribution in [3.05, 3.63) is 65.4 Å². The van der Waals surface area contributed by atoms with E-state index in [9.17, 15) is 13.2 Å². The molecule has 0 bridgehead atoms. The third-order valence-electron chi connectivity index (χ3n) is 4.56. The van der Waals surface area contributed by atoms with Crippen molar-refractivity contribution in [3.63, 3.8) is 0 Å². The van der Waals surface area contributed by atoms with Crippen LogP contribution in [-0.4, -0.2) is 24.1 Å². The van der Waals surface area contributed by atoms with Gasteiger partial charge in [-0.25, -0.2) is 17.2 Å². The molecule has 2 aromatic carbocycles. The van der Waals surface area contributed by atoms with Crippen molar-refractivity contribution in [2.45, 2.75) is 51.7 Å². The lowest BCUT2D eigenvalue weighted by atomic mass is 10.1. The first kappa shape index (κ1) is 20.9. The number of hydrogen-bond acceptors (Lipinski definition) is 4. The van der Waals surface area contributed by atoms with E-state index in [4.69, 9.17) is 4.74 Å². The highest BCUT2D eigenvalue weighted by Gasteiger charge is 2.25. The Morgan fingerprint density at radius 3 is 2.28 bits per heavy atom. The predicted molar refractivity (Wildman–Crippen MR) is 114 cm³/mol. The molecule has 0 aliphatic heterocycles. The van der Waals surface area contributed by atoms with Crippen LogP contribution in [0.25, 0.3) is 10.9 Å². The molecule has 1 aromatic heterocycles. The minimum atomic E-state index is -3.79. The number of alkyl carbamates (subject to hydrolysis) is 1. The second-order valence-corrected chi connectivity index (χ2v) is 9.81. The van der Waals surface area contributed by atoms with E-state index in [1.807, 2.05) is 19.1 Å². The summed E-state index contributed by atoms with van der Waals surface area (Å²) in [5.41, 5.74) is 2.25. The van der Waals surface area contributed by atoms with Gasteiger partial charge in [0, 0.05) is 23.2 Å². The number of nitrogens with zero attached hydrogens (tertiary/aromatic N) is 1. The zero-order valence-corrected chi connectivity index (χ0v) is 18.1. The average Bonchev–Trinajstić information content (AvgIpc) is 2.91. The van der Waals surface area contributed by atoms with Crippen molar-refractivity contribution in [2.24, 2.45) is 0 Å². The van der Waals surface area contributed by atoms with Crippen LogP contribution in [0, 0.1) is 13.8 Å². The number of fused-ring (bicyclic) bond motifs is 1. The monoisotopic (exact) mass is 414 g/mol. The SMILES string of the molecule is Cc1ccc(S(=O)(=O)n2c(C)c(CNC(=O)OC(C)(C)C)c3ccccc32)cc1. The highest BCUT2D eigenvalue weighted by atomic mass is 32.2. The molecule has 154 valence electrons. The molecule has 3 rings (SSSR count). The van der Waals surface area contributed by atoms with Crippen LogP contribution in [0.3, 0.4) is 0 Å². The quantitative estimate of drug-likeness (QED) is 0.681. The topological polar surface area (TPSA) is 77.4 Å². The number of carbonyl (C=O) groups is 1. The van der Waals surface area contributed by atoms with E-state index >= 15 is 0 Å². The molecule has 1 N–H and O–H groups in total. The molecule has 0 saturated carbocycles. The number of para-hydroxylation sites is 1. The maximum Gasteiger partial charge on any atom is 0.407 e. The number of aromatic nitrogens is 1. The minimum absolute atomic E-state index is 0.164. The Hall–Kier alpha value is -2.80. The van der Waals surface area contributed by atoms with Gasteiger partial charge in [-0.15, -0.1) is 0 Å². The molecule has 0 radical (unpaired) electrons. The number of amides is 1. The standard InChI is InChI=1S/C22H26N2O4S/c1-15-10-12-17(13-11-15)29(26,27)24-16(2)19(18-8-6-7-9-20(18)24)14-23-21(25)28-22(3,4)5/h6-13H,14H2,1-5H3,(H,23,25). The Balaban J connectivity index is 2.05. The lowest BCUT2D eigenvalue weighted by molar-refractivity contribution is 0.0523. The highest BCUT2D eigenvalue weighted by molar-refractivity contribution is 7.90. The van der Waals surface area contributed by atoms with E-state index < -0.39 is 21.7 Å². The molecule has 6 nitrogen and oxygen atoms in total. The van der Waals surface area contributed by atoms with E-state index in [0.29, 0.717) is 11.2 Å². The van der Waals surface area contributed by atoms with Gasteiger partial charge >= 0.3 is 6.09 Å². The van der Waals surface area contributed by atoms with Crippen LogP contribution >= 0.6 is 0 Å². The van der Waals surface area contributed by atoms with Gasteiger partial charge in [0.05, 0.1) is 10.4 Å². The fourth-order valence-electron chi connectivity index (χ4n) is 3.23. The molecule has 0 fully saturated rings. The maximum atomic E-state index is 13.4. The molecule has 1 heterocycles. The van der Waals surface area contributed by atoms with Crippen molar-refractivity contribution in [2.75, 3.05) is 0 Å². The second kappa shape index (κ2) is 7.55. The largest absolute Gasteiger partial charge is 0.444 e. The molecular formula is C22H26N2O4S. The van der Waals surface area contributed by atoms with Crippen molar-refractivity contribution in [3.8, 4) is 0 Å². The number of aryl methyl sites for hydroxylation is 1. The number of hydrogen-bond donors (Lipinski definition) is 1. The van der Waals surface area contributed by atoms with Crippen LogP contribution in [0.5, 0.6) is 0 Å². The number of benzene rings is 2. The summed E-state index contributed by atoms with van der Waals surface area (Å²) in [6.45, 7) is 9.19. The minimum Gasteiger partial charge on any atom is -0.444 e. The molecule has 0 spiro atoms. The fourth-order valence-corrected chi connectivity index (χ4v) is 4.81. The second-order valence-electron chi connectivity index (χ2n) is 8.02. The third-order valence-corrected chi connectivity index (χ3v) is 6.38. The Labute approximate surface area is 171 Å². The van der Waals surface area contributed by atoms with Crippen molar-refractivity contribution >= 4 is 27.0 Å². The van der Waals surface area contributed by atoms with E-state index in [-0.39, 0.29) is 11.4 Å². The van der Waals surface area contributed by atoms with Crippen LogP contribution < -0.4 is 5.32 Å². The summed E-state index contributed by atoms with van der Waals surface area (Å²) in [5, 5.41) is 3.51. The average molecular weight is 415 g/mol. The molecule has 7 heteroatoms. The Kier molecular flexibility index (Phi) is 5.45. The maximum absolute atomic E-state index is 13.4. The molecule has 3 aromatic rings. The Morgan fingerprint density at radius 1 is 1.03 bits per heavy atom. The molecule has 1 amide bonds.